The molecule has 66 valence electrons. The molecule has 1 heterocycles. The molecule has 0 saturated carbocycles. The van der Waals surface area contributed by atoms with Gasteiger partial charge in [0, 0.05) is 13.1 Å². The van der Waals surface area contributed by atoms with E-state index >= 15 is 0 Å². The second kappa shape index (κ2) is 4.61. The van der Waals surface area contributed by atoms with Crippen LogP contribution in [0.1, 0.15) is 0 Å². The van der Waals surface area contributed by atoms with E-state index in [1.807, 2.05) is 7.05 Å². The summed E-state index contributed by atoms with van der Waals surface area (Å²) in [6.07, 6.45) is 2.45. The van der Waals surface area contributed by atoms with Crippen LogP contribution in [0.4, 0.5) is 10.2 Å². The minimum atomic E-state index is -0.561. The van der Waals surface area contributed by atoms with E-state index in [1.165, 1.54) is 6.20 Å². The summed E-state index contributed by atoms with van der Waals surface area (Å²) in [5.41, 5.74) is 0. The number of aromatic nitrogens is 2. The largest absolute Gasteiger partial charge is 0.368 e. The maximum Gasteiger partial charge on any atom is 0.231 e. The average molecular weight is 170 g/mol. The summed E-state index contributed by atoms with van der Waals surface area (Å²) in [7, 11) is 1.86. The highest BCUT2D eigenvalue weighted by Gasteiger charge is 1.93. The third-order valence-electron chi connectivity index (χ3n) is 1.30. The minimum Gasteiger partial charge on any atom is -0.368 e. The Labute approximate surface area is 70.2 Å². The van der Waals surface area contributed by atoms with Gasteiger partial charge in [-0.15, -0.1) is 0 Å². The summed E-state index contributed by atoms with van der Waals surface area (Å²) < 4.78 is 12.3. The molecule has 0 bridgehead atoms. The lowest BCUT2D eigenvalue weighted by atomic mass is 10.6. The van der Waals surface area contributed by atoms with E-state index < -0.39 is 5.95 Å². The molecule has 5 heteroatoms. The van der Waals surface area contributed by atoms with E-state index in [-0.39, 0.29) is 0 Å². The first-order valence-corrected chi connectivity index (χ1v) is 3.69. The number of likely N-dealkylation sites (N-methyl/N-ethyl adjacent to an activating group) is 1. The Morgan fingerprint density at radius 2 is 2.17 bits per heavy atom. The molecule has 1 aromatic heterocycles. The molecule has 0 aliphatic heterocycles. The zero-order valence-electron chi connectivity index (χ0n) is 6.84. The third kappa shape index (κ3) is 2.79. The molecule has 0 spiro atoms. The molecule has 0 unspecified atom stereocenters. The van der Waals surface area contributed by atoms with Crippen LogP contribution in [0.3, 0.4) is 0 Å². The molecule has 0 aliphatic rings. The van der Waals surface area contributed by atoms with Crippen molar-refractivity contribution in [2.24, 2.45) is 0 Å². The third-order valence-corrected chi connectivity index (χ3v) is 1.30. The fourth-order valence-corrected chi connectivity index (χ4v) is 0.719. The molecule has 0 amide bonds. The molecule has 4 nitrogen and oxygen atoms in total. The standard InChI is InChI=1S/C7H11FN4/c1-9-2-3-10-7-5-11-6(8)4-12-7/h4-5,9H,2-3H2,1H3,(H,10,12). The van der Waals surface area contributed by atoms with Gasteiger partial charge in [0.1, 0.15) is 5.82 Å². The lowest BCUT2D eigenvalue weighted by molar-refractivity contribution is 0.577. The number of nitrogens with one attached hydrogen (secondary N) is 2. The quantitative estimate of drug-likeness (QED) is 0.636. The number of nitrogens with zero attached hydrogens (tertiary/aromatic N) is 2. The Kier molecular flexibility index (Phi) is 3.40. The van der Waals surface area contributed by atoms with E-state index in [9.17, 15) is 4.39 Å². The van der Waals surface area contributed by atoms with Crippen molar-refractivity contribution in [1.29, 1.82) is 0 Å². The minimum absolute atomic E-state index is 0.561. The van der Waals surface area contributed by atoms with Crippen LogP contribution in [-0.4, -0.2) is 30.1 Å². The molecule has 12 heavy (non-hydrogen) atoms. The van der Waals surface area contributed by atoms with Crippen molar-refractivity contribution in [3.8, 4) is 0 Å². The summed E-state index contributed by atoms with van der Waals surface area (Å²) in [6, 6.07) is 0. The first-order valence-electron chi connectivity index (χ1n) is 3.69. The van der Waals surface area contributed by atoms with Gasteiger partial charge in [-0.25, -0.2) is 9.97 Å². The van der Waals surface area contributed by atoms with Gasteiger partial charge < -0.3 is 10.6 Å². The Hall–Kier alpha value is -1.23. The van der Waals surface area contributed by atoms with Gasteiger partial charge in [0.25, 0.3) is 0 Å². The smallest absolute Gasteiger partial charge is 0.231 e. The fourth-order valence-electron chi connectivity index (χ4n) is 0.719. The first kappa shape index (κ1) is 8.86. The van der Waals surface area contributed by atoms with Crippen molar-refractivity contribution in [3.63, 3.8) is 0 Å². The van der Waals surface area contributed by atoms with Gasteiger partial charge in [0.15, 0.2) is 0 Å². The van der Waals surface area contributed by atoms with E-state index in [0.29, 0.717) is 5.82 Å². The molecule has 0 radical (unpaired) electrons. The zero-order chi connectivity index (χ0) is 8.81. The summed E-state index contributed by atoms with van der Waals surface area (Å²) in [6.45, 7) is 1.58. The monoisotopic (exact) mass is 170 g/mol. The normalized spacial score (nSPS) is 9.83. The number of anilines is 1. The van der Waals surface area contributed by atoms with Crippen molar-refractivity contribution in [2.45, 2.75) is 0 Å². The van der Waals surface area contributed by atoms with Crippen LogP contribution in [0.2, 0.25) is 0 Å². The predicted octanol–water partition coefficient (Wildman–Crippen LogP) is 0.247. The molecular formula is C7H11FN4. The van der Waals surface area contributed by atoms with Crippen LogP contribution in [0.15, 0.2) is 12.4 Å². The Balaban J connectivity index is 2.37. The van der Waals surface area contributed by atoms with Crippen molar-refractivity contribution in [2.75, 3.05) is 25.5 Å². The molecule has 2 N–H and O–H groups in total. The van der Waals surface area contributed by atoms with Gasteiger partial charge in [-0.05, 0) is 7.05 Å². The van der Waals surface area contributed by atoms with E-state index in [0.717, 1.165) is 19.3 Å². The maximum atomic E-state index is 12.3. The summed E-state index contributed by atoms with van der Waals surface area (Å²) in [4.78, 5) is 7.22. The second-order valence-corrected chi connectivity index (χ2v) is 2.25. The van der Waals surface area contributed by atoms with Gasteiger partial charge in [-0.2, -0.15) is 4.39 Å². The zero-order valence-corrected chi connectivity index (χ0v) is 6.84. The predicted molar refractivity (Wildman–Crippen MR) is 44.4 cm³/mol. The van der Waals surface area contributed by atoms with E-state index in [4.69, 9.17) is 0 Å². The van der Waals surface area contributed by atoms with Crippen molar-refractivity contribution >= 4 is 5.82 Å². The highest BCUT2D eigenvalue weighted by atomic mass is 19.1. The van der Waals surface area contributed by atoms with Crippen LogP contribution in [0.5, 0.6) is 0 Å². The molecule has 1 rings (SSSR count). The topological polar surface area (TPSA) is 49.8 Å². The molecule has 0 fully saturated rings. The Bertz CT molecular complexity index is 223. The summed E-state index contributed by atoms with van der Waals surface area (Å²) in [5, 5.41) is 5.93. The Morgan fingerprint density at radius 3 is 2.75 bits per heavy atom. The highest BCUT2D eigenvalue weighted by Crippen LogP contribution is 1.97. The highest BCUT2D eigenvalue weighted by molar-refractivity contribution is 5.29. The number of rotatable bonds is 4. The number of halogens is 1. The van der Waals surface area contributed by atoms with E-state index in [2.05, 4.69) is 20.6 Å². The SMILES string of the molecule is CNCCNc1cnc(F)cn1. The lowest BCUT2D eigenvalue weighted by Gasteiger charge is -2.02. The van der Waals surface area contributed by atoms with Gasteiger partial charge >= 0.3 is 0 Å². The summed E-state index contributed by atoms with van der Waals surface area (Å²) in [5.74, 6) is 0.0285. The van der Waals surface area contributed by atoms with Crippen LogP contribution < -0.4 is 10.6 Å². The van der Waals surface area contributed by atoms with Crippen LogP contribution in [0.25, 0.3) is 0 Å². The van der Waals surface area contributed by atoms with Crippen molar-refractivity contribution < 1.29 is 4.39 Å². The van der Waals surface area contributed by atoms with Gasteiger partial charge in [0.05, 0.1) is 12.4 Å². The van der Waals surface area contributed by atoms with E-state index in [1.54, 1.807) is 0 Å². The van der Waals surface area contributed by atoms with Gasteiger partial charge in [0.2, 0.25) is 5.95 Å². The fraction of sp³-hybridized carbons (Fsp3) is 0.429. The van der Waals surface area contributed by atoms with Crippen molar-refractivity contribution in [1.82, 2.24) is 15.3 Å². The molecule has 0 atom stereocenters. The number of hydrogen-bond acceptors (Lipinski definition) is 4. The maximum absolute atomic E-state index is 12.3. The van der Waals surface area contributed by atoms with Crippen LogP contribution in [0, 0.1) is 5.95 Å². The Morgan fingerprint density at radius 1 is 1.33 bits per heavy atom. The molecule has 0 saturated heterocycles. The lowest BCUT2D eigenvalue weighted by Crippen LogP contribution is -2.18. The van der Waals surface area contributed by atoms with Crippen LogP contribution in [-0.2, 0) is 0 Å². The average Bonchev–Trinajstić information content (AvgIpc) is 2.09. The van der Waals surface area contributed by atoms with Crippen molar-refractivity contribution in [3.05, 3.63) is 18.3 Å². The van der Waals surface area contributed by atoms with Gasteiger partial charge in [-0.1, -0.05) is 0 Å². The molecular weight excluding hydrogens is 159 g/mol. The second-order valence-electron chi connectivity index (χ2n) is 2.25. The van der Waals surface area contributed by atoms with Crippen LogP contribution >= 0.6 is 0 Å². The molecule has 0 aromatic carbocycles. The number of hydrogen-bond donors (Lipinski definition) is 2. The summed E-state index contributed by atoms with van der Waals surface area (Å²) >= 11 is 0. The first-order chi connectivity index (χ1) is 5.83. The van der Waals surface area contributed by atoms with Gasteiger partial charge in [-0.3, -0.25) is 0 Å². The molecule has 1 aromatic rings. The molecule has 0 aliphatic carbocycles.